The molecule has 0 unspecified atom stereocenters. The van der Waals surface area contributed by atoms with Crippen molar-refractivity contribution in [2.24, 2.45) is 0 Å². The van der Waals surface area contributed by atoms with Gasteiger partial charge in [0.05, 0.1) is 6.54 Å². The first-order valence-corrected chi connectivity index (χ1v) is 13.0. The Bertz CT molecular complexity index is 1820. The van der Waals surface area contributed by atoms with Gasteiger partial charge in [-0.15, -0.1) is 10.2 Å². The third kappa shape index (κ3) is 4.58. The number of fused-ring (bicyclic) bond motifs is 1. The molecule has 0 aliphatic rings. The minimum Gasteiger partial charge on any atom is -0.308 e. The lowest BCUT2D eigenvalue weighted by Crippen LogP contribution is -2.06. The Morgan fingerprint density at radius 1 is 0.846 bits per heavy atom. The molecule has 3 aromatic carbocycles. The molecule has 6 aromatic rings. The van der Waals surface area contributed by atoms with E-state index in [1.807, 2.05) is 49.4 Å². The molecule has 6 rings (SSSR count). The van der Waals surface area contributed by atoms with Gasteiger partial charge in [0, 0.05) is 23.2 Å². The van der Waals surface area contributed by atoms with Gasteiger partial charge in [-0.25, -0.2) is 14.4 Å². The second kappa shape index (κ2) is 9.87. The summed E-state index contributed by atoms with van der Waals surface area (Å²) in [6.07, 6.45) is 0.759. The van der Waals surface area contributed by atoms with E-state index in [9.17, 15) is 0 Å². The van der Waals surface area contributed by atoms with Gasteiger partial charge in [0.2, 0.25) is 5.82 Å². The van der Waals surface area contributed by atoms with E-state index in [1.165, 1.54) is 0 Å². The van der Waals surface area contributed by atoms with Gasteiger partial charge < -0.3 is 4.57 Å². The molecule has 0 aliphatic carbocycles. The molecule has 39 heavy (non-hydrogen) atoms. The Labute approximate surface area is 225 Å². The lowest BCUT2D eigenvalue weighted by atomic mass is 9.93. The molecule has 3 heterocycles. The van der Waals surface area contributed by atoms with Crippen LogP contribution in [0, 0.1) is 26.6 Å². The number of imidazole rings is 1. The van der Waals surface area contributed by atoms with Crippen LogP contribution in [0.2, 0.25) is 0 Å². The summed E-state index contributed by atoms with van der Waals surface area (Å²) in [7, 11) is 0. The number of aryl methyl sites for hydroxylation is 4. The number of rotatable bonds is 6. The number of hydrogen-bond acceptors (Lipinski definition) is 5. The molecule has 0 atom stereocenters. The van der Waals surface area contributed by atoms with Crippen LogP contribution < -0.4 is 0 Å². The van der Waals surface area contributed by atoms with E-state index in [4.69, 9.17) is 9.97 Å². The predicted molar refractivity (Wildman–Crippen MR) is 151 cm³/mol. The van der Waals surface area contributed by atoms with Crippen molar-refractivity contribution in [2.45, 2.75) is 40.7 Å². The Kier molecular flexibility index (Phi) is 6.23. The first kappa shape index (κ1) is 24.6. The van der Waals surface area contributed by atoms with Crippen molar-refractivity contribution in [2.75, 3.05) is 0 Å². The first-order valence-electron chi connectivity index (χ1n) is 13.0. The normalized spacial score (nSPS) is 11.4. The van der Waals surface area contributed by atoms with Crippen molar-refractivity contribution in [1.29, 1.82) is 0 Å². The summed E-state index contributed by atoms with van der Waals surface area (Å²) in [5.74, 6) is 1.03. The lowest BCUT2D eigenvalue weighted by Gasteiger charge is -2.14. The molecule has 3 aromatic heterocycles. The molecule has 0 fully saturated rings. The maximum absolute atomic E-state index is 15.9. The molecular weight excluding hydrogens is 489 g/mol. The summed E-state index contributed by atoms with van der Waals surface area (Å²) in [5.41, 5.74) is 9.68. The molecule has 8 heteroatoms. The number of H-pyrrole nitrogens is 1. The van der Waals surface area contributed by atoms with Gasteiger partial charge in [-0.05, 0) is 78.1 Å². The van der Waals surface area contributed by atoms with Crippen LogP contribution in [-0.4, -0.2) is 35.2 Å². The van der Waals surface area contributed by atoms with Gasteiger partial charge in [-0.3, -0.25) is 0 Å². The van der Waals surface area contributed by atoms with E-state index in [-0.39, 0.29) is 5.82 Å². The molecule has 0 amide bonds. The van der Waals surface area contributed by atoms with E-state index in [2.05, 4.69) is 64.2 Å². The number of nitrogens with zero attached hydrogens (tertiary/aromatic N) is 6. The van der Waals surface area contributed by atoms with Gasteiger partial charge in [0.25, 0.3) is 0 Å². The van der Waals surface area contributed by atoms with Crippen LogP contribution in [-0.2, 0) is 13.0 Å². The average molecular weight is 518 g/mol. The SMILES string of the molecule is CCc1nc2c(C)cc(C)nc2n1Cc1ccc(-c2cc(-c3cccc(C)c3)ccc2-c2nn[nH]n2)c(F)c1. The highest BCUT2D eigenvalue weighted by molar-refractivity contribution is 5.85. The van der Waals surface area contributed by atoms with Crippen LogP contribution in [0.3, 0.4) is 0 Å². The van der Waals surface area contributed by atoms with Crippen molar-refractivity contribution >= 4 is 11.2 Å². The number of pyridine rings is 1. The molecule has 0 spiro atoms. The minimum atomic E-state index is -0.318. The van der Waals surface area contributed by atoms with Crippen molar-refractivity contribution in [3.8, 4) is 33.6 Å². The van der Waals surface area contributed by atoms with E-state index in [0.717, 1.165) is 56.9 Å². The third-order valence-corrected chi connectivity index (χ3v) is 7.04. The van der Waals surface area contributed by atoms with Gasteiger partial charge in [0.1, 0.15) is 17.2 Å². The highest BCUT2D eigenvalue weighted by Gasteiger charge is 2.18. The van der Waals surface area contributed by atoms with E-state index in [0.29, 0.717) is 29.1 Å². The van der Waals surface area contributed by atoms with Gasteiger partial charge in [0.15, 0.2) is 5.65 Å². The van der Waals surface area contributed by atoms with Crippen LogP contribution in [0.1, 0.15) is 35.1 Å². The van der Waals surface area contributed by atoms with Crippen LogP contribution >= 0.6 is 0 Å². The van der Waals surface area contributed by atoms with Crippen molar-refractivity contribution in [3.63, 3.8) is 0 Å². The third-order valence-electron chi connectivity index (χ3n) is 7.04. The lowest BCUT2D eigenvalue weighted by molar-refractivity contribution is 0.626. The maximum atomic E-state index is 15.9. The quantitative estimate of drug-likeness (QED) is 0.268. The van der Waals surface area contributed by atoms with Crippen molar-refractivity contribution < 1.29 is 4.39 Å². The summed E-state index contributed by atoms with van der Waals surface area (Å²) in [5, 5.41) is 14.5. The van der Waals surface area contributed by atoms with Crippen LogP contribution in [0.25, 0.3) is 44.8 Å². The Hall–Kier alpha value is -4.72. The number of benzene rings is 3. The summed E-state index contributed by atoms with van der Waals surface area (Å²) in [6, 6.07) is 21.6. The number of halogens is 1. The molecule has 7 nitrogen and oxygen atoms in total. The highest BCUT2D eigenvalue weighted by atomic mass is 19.1. The van der Waals surface area contributed by atoms with Gasteiger partial charge in [-0.2, -0.15) is 5.21 Å². The zero-order chi connectivity index (χ0) is 27.1. The number of aromatic amines is 1. The minimum absolute atomic E-state index is 0.318. The zero-order valence-electron chi connectivity index (χ0n) is 22.3. The predicted octanol–water partition coefficient (Wildman–Crippen LogP) is 6.62. The van der Waals surface area contributed by atoms with Gasteiger partial charge in [-0.1, -0.05) is 55.0 Å². The molecular formula is C31H28FN7. The number of hydrogen-bond donors (Lipinski definition) is 1. The largest absolute Gasteiger partial charge is 0.308 e. The summed E-state index contributed by atoms with van der Waals surface area (Å²) in [6.45, 7) is 8.64. The van der Waals surface area contributed by atoms with Gasteiger partial charge >= 0.3 is 0 Å². The monoisotopic (exact) mass is 517 g/mol. The van der Waals surface area contributed by atoms with E-state index >= 15 is 4.39 Å². The summed E-state index contributed by atoms with van der Waals surface area (Å²) < 4.78 is 18.0. The fourth-order valence-electron chi connectivity index (χ4n) is 5.18. The standard InChI is InChI=1S/C31H28FN7/c1-5-28-34-29-19(3)14-20(4)33-31(29)39(28)17-21-9-11-24(27(32)15-21)26-16-23(22-8-6-7-18(2)13-22)10-12-25(26)30-35-37-38-36-30/h6-16H,5,17H2,1-4H3,(H,35,36,37,38). The van der Waals surface area contributed by atoms with E-state index < -0.39 is 0 Å². The molecule has 0 saturated carbocycles. The maximum Gasteiger partial charge on any atom is 0.205 e. The Balaban J connectivity index is 1.44. The fourth-order valence-corrected chi connectivity index (χ4v) is 5.18. The topological polar surface area (TPSA) is 85.2 Å². The van der Waals surface area contributed by atoms with Crippen LogP contribution in [0.15, 0.2) is 66.7 Å². The van der Waals surface area contributed by atoms with Crippen molar-refractivity contribution in [3.05, 3.63) is 101 Å². The molecule has 0 bridgehead atoms. The Morgan fingerprint density at radius 2 is 1.67 bits per heavy atom. The fraction of sp³-hybridized carbons (Fsp3) is 0.194. The summed E-state index contributed by atoms with van der Waals surface area (Å²) in [4.78, 5) is 9.58. The number of aromatic nitrogens is 7. The highest BCUT2D eigenvalue weighted by Crippen LogP contribution is 2.36. The molecule has 1 N–H and O–H groups in total. The molecule has 194 valence electrons. The first-order chi connectivity index (χ1) is 18.9. The van der Waals surface area contributed by atoms with Crippen molar-refractivity contribution in [1.82, 2.24) is 35.2 Å². The van der Waals surface area contributed by atoms with Crippen LogP contribution in [0.4, 0.5) is 4.39 Å². The smallest absolute Gasteiger partial charge is 0.205 e. The molecule has 0 aliphatic heterocycles. The van der Waals surface area contributed by atoms with E-state index in [1.54, 1.807) is 6.07 Å². The number of tetrazole rings is 1. The number of nitrogens with one attached hydrogen (secondary N) is 1. The molecule has 0 radical (unpaired) electrons. The van der Waals surface area contributed by atoms with Crippen LogP contribution in [0.5, 0.6) is 0 Å². The Morgan fingerprint density at radius 3 is 2.41 bits per heavy atom. The average Bonchev–Trinajstić information content (AvgIpc) is 3.57. The second-order valence-corrected chi connectivity index (χ2v) is 9.90. The zero-order valence-corrected chi connectivity index (χ0v) is 22.3. The second-order valence-electron chi connectivity index (χ2n) is 9.90. The molecule has 0 saturated heterocycles. The summed E-state index contributed by atoms with van der Waals surface area (Å²) >= 11 is 0.